The summed E-state index contributed by atoms with van der Waals surface area (Å²) in [5, 5.41) is 12.8. The van der Waals surface area contributed by atoms with Crippen molar-refractivity contribution in [3.8, 4) is 5.88 Å². The van der Waals surface area contributed by atoms with Crippen LogP contribution in [0.3, 0.4) is 0 Å². The van der Waals surface area contributed by atoms with Gasteiger partial charge >= 0.3 is 6.03 Å². The molecule has 0 unspecified atom stereocenters. The number of nitrogens with two attached hydrogens (primary N) is 1. The van der Waals surface area contributed by atoms with Crippen LogP contribution in [0.25, 0.3) is 0 Å². The minimum atomic E-state index is -0.883. The molecule has 1 aromatic heterocycles. The Morgan fingerprint density at radius 3 is 2.42 bits per heavy atom. The number of unbranched alkanes of at least 4 members (excludes halogenated alkanes) is 1. The van der Waals surface area contributed by atoms with Crippen molar-refractivity contribution < 1.29 is 33.0 Å². The largest absolute Gasteiger partial charge is 0.481 e. The number of amides is 3. The van der Waals surface area contributed by atoms with Crippen molar-refractivity contribution in [1.29, 1.82) is 0 Å². The van der Waals surface area contributed by atoms with Gasteiger partial charge in [0.25, 0.3) is 11.9 Å². The molecular formula is C22H28BrF2N5O5S. The summed E-state index contributed by atoms with van der Waals surface area (Å²) < 4.78 is 37.5. The number of benzene rings is 1. The Morgan fingerprint density at radius 2 is 1.83 bits per heavy atom. The van der Waals surface area contributed by atoms with Gasteiger partial charge in [0.2, 0.25) is 5.88 Å². The van der Waals surface area contributed by atoms with E-state index in [1.165, 1.54) is 12.8 Å². The third-order valence-corrected chi connectivity index (χ3v) is 6.18. The van der Waals surface area contributed by atoms with Gasteiger partial charge in [0.1, 0.15) is 28.8 Å². The first kappa shape index (κ1) is 29.4. The third-order valence-electron chi connectivity index (χ3n) is 4.98. The maximum Gasteiger partial charge on any atom is 0.319 e. The van der Waals surface area contributed by atoms with E-state index in [4.69, 9.17) is 20.4 Å². The van der Waals surface area contributed by atoms with Crippen molar-refractivity contribution in [2.75, 3.05) is 31.5 Å². The quantitative estimate of drug-likeness (QED) is 0.306. The summed E-state index contributed by atoms with van der Waals surface area (Å²) in [6, 6.07) is 1.69. The number of halogens is 3. The number of aromatic nitrogens is 1. The van der Waals surface area contributed by atoms with E-state index in [-0.39, 0.29) is 26.5 Å². The number of rotatable bonds is 10. The monoisotopic (exact) mass is 591 g/mol. The summed E-state index contributed by atoms with van der Waals surface area (Å²) >= 11 is 3.79. The van der Waals surface area contributed by atoms with Crippen molar-refractivity contribution >= 4 is 50.4 Å². The fourth-order valence-electron chi connectivity index (χ4n) is 3.34. The molecule has 198 valence electrons. The molecule has 1 fully saturated rings. The van der Waals surface area contributed by atoms with Gasteiger partial charge in [-0.15, -0.1) is 0 Å². The molecule has 10 nitrogen and oxygen atoms in total. The van der Waals surface area contributed by atoms with Gasteiger partial charge in [-0.2, -0.15) is 4.37 Å². The van der Waals surface area contributed by atoms with Gasteiger partial charge in [-0.05, 0) is 69.0 Å². The topological polar surface area (TPSA) is 147 Å². The molecule has 0 saturated carbocycles. The zero-order chi connectivity index (χ0) is 26.7. The maximum atomic E-state index is 14.0. The number of aliphatic carboxylic acids is 1. The number of carbonyl (C=O) groups excluding carboxylic acids is 2. The predicted molar refractivity (Wildman–Crippen MR) is 134 cm³/mol. The summed E-state index contributed by atoms with van der Waals surface area (Å²) in [6.45, 7) is 4.36. The van der Waals surface area contributed by atoms with Crippen molar-refractivity contribution in [3.63, 3.8) is 0 Å². The van der Waals surface area contributed by atoms with E-state index >= 15 is 0 Å². The van der Waals surface area contributed by atoms with Crippen LogP contribution in [0.5, 0.6) is 5.88 Å². The highest BCUT2D eigenvalue weighted by molar-refractivity contribution is 9.10. The molecule has 0 aliphatic carbocycles. The molecule has 0 radical (unpaired) electrons. The molecule has 1 aliphatic rings. The van der Waals surface area contributed by atoms with E-state index in [0.717, 1.165) is 63.1 Å². The Morgan fingerprint density at radius 1 is 1.22 bits per heavy atom. The lowest BCUT2D eigenvalue weighted by Crippen LogP contribution is -2.30. The standard InChI is InChI=1S/C20H24BrF2N5O3S.C2H4O2/c21-12-9-14(22)13(15(23)10-12)11-31-18-16(17(24)29)19(32-27-18)26-20(30)25-5-1-2-6-28-7-3-4-8-28;1-2(3)4/h9-10H,1-8,11H2,(H2,24,29)(H2,25,26,30);1H3,(H,3,4). The maximum absolute atomic E-state index is 14.0. The highest BCUT2D eigenvalue weighted by atomic mass is 79.9. The summed E-state index contributed by atoms with van der Waals surface area (Å²) in [4.78, 5) is 35.5. The van der Waals surface area contributed by atoms with E-state index in [1.54, 1.807) is 0 Å². The molecule has 1 saturated heterocycles. The van der Waals surface area contributed by atoms with Crippen LogP contribution in [0.2, 0.25) is 0 Å². The fraction of sp³-hybridized carbons (Fsp3) is 0.455. The van der Waals surface area contributed by atoms with Crippen LogP contribution in [-0.4, -0.2) is 58.5 Å². The van der Waals surface area contributed by atoms with Gasteiger partial charge in [0.15, 0.2) is 0 Å². The number of carboxylic acids is 1. The van der Waals surface area contributed by atoms with E-state index in [0.29, 0.717) is 6.54 Å². The first-order valence-corrected chi connectivity index (χ1v) is 12.7. The Labute approximate surface area is 219 Å². The summed E-state index contributed by atoms with van der Waals surface area (Å²) in [7, 11) is 0. The van der Waals surface area contributed by atoms with Crippen LogP contribution in [0.4, 0.5) is 18.6 Å². The number of likely N-dealkylation sites (tertiary alicyclic amines) is 1. The van der Waals surface area contributed by atoms with Gasteiger partial charge < -0.3 is 25.8 Å². The number of ether oxygens (including phenoxy) is 1. The number of nitrogens with zero attached hydrogens (tertiary/aromatic N) is 2. The Hall–Kier alpha value is -2.84. The normalized spacial score (nSPS) is 13.0. The molecular weight excluding hydrogens is 564 g/mol. The average molecular weight is 592 g/mol. The summed E-state index contributed by atoms with van der Waals surface area (Å²) in [5.74, 6) is -3.54. The van der Waals surface area contributed by atoms with Gasteiger partial charge in [0.05, 0.1) is 5.56 Å². The van der Waals surface area contributed by atoms with E-state index in [2.05, 4.69) is 35.8 Å². The molecule has 1 aromatic carbocycles. The van der Waals surface area contributed by atoms with E-state index in [9.17, 15) is 18.4 Å². The number of carbonyl (C=O) groups is 3. The first-order chi connectivity index (χ1) is 17.1. The highest BCUT2D eigenvalue weighted by Gasteiger charge is 2.23. The second-order valence-electron chi connectivity index (χ2n) is 7.85. The van der Waals surface area contributed by atoms with Gasteiger partial charge in [-0.1, -0.05) is 15.9 Å². The number of nitrogens with one attached hydrogen (secondary N) is 2. The number of hydrogen-bond acceptors (Lipinski definition) is 7. The Kier molecular flexibility index (Phi) is 12.0. The zero-order valence-corrected chi connectivity index (χ0v) is 22.0. The van der Waals surface area contributed by atoms with E-state index in [1.807, 2.05) is 0 Å². The van der Waals surface area contributed by atoms with Gasteiger partial charge in [-0.3, -0.25) is 14.9 Å². The van der Waals surface area contributed by atoms with Crippen molar-refractivity contribution in [3.05, 3.63) is 39.4 Å². The van der Waals surface area contributed by atoms with Crippen LogP contribution >= 0.6 is 27.5 Å². The first-order valence-electron chi connectivity index (χ1n) is 11.1. The molecule has 0 bridgehead atoms. The molecule has 14 heteroatoms. The number of anilines is 1. The second-order valence-corrected chi connectivity index (χ2v) is 9.54. The molecule has 2 heterocycles. The second kappa shape index (κ2) is 14.7. The van der Waals surface area contributed by atoms with Gasteiger partial charge in [0, 0.05) is 17.9 Å². The van der Waals surface area contributed by atoms with Crippen LogP contribution in [0.1, 0.15) is 48.5 Å². The number of hydrogen-bond donors (Lipinski definition) is 4. The average Bonchev–Trinajstić information content (AvgIpc) is 3.42. The molecule has 3 rings (SSSR count). The summed E-state index contributed by atoms with van der Waals surface area (Å²) in [5.41, 5.74) is 4.92. The number of urea groups is 1. The lowest BCUT2D eigenvalue weighted by molar-refractivity contribution is -0.134. The summed E-state index contributed by atoms with van der Waals surface area (Å²) in [6.07, 6.45) is 4.30. The lowest BCUT2D eigenvalue weighted by Gasteiger charge is -2.14. The SMILES string of the molecule is CC(=O)O.NC(=O)c1c(OCc2c(F)cc(Br)cc2F)nsc1NC(=O)NCCCCN1CCCC1. The Balaban J connectivity index is 0.00000106. The van der Waals surface area contributed by atoms with Crippen LogP contribution < -0.4 is 21.1 Å². The number of carboxylic acid groups (broad SMARTS) is 1. The molecule has 1 aliphatic heterocycles. The highest BCUT2D eigenvalue weighted by Crippen LogP contribution is 2.31. The molecule has 0 spiro atoms. The smallest absolute Gasteiger partial charge is 0.319 e. The lowest BCUT2D eigenvalue weighted by atomic mass is 10.2. The molecule has 2 aromatic rings. The Bertz CT molecular complexity index is 1040. The van der Waals surface area contributed by atoms with Gasteiger partial charge in [-0.25, -0.2) is 13.6 Å². The number of primary amides is 1. The molecule has 5 N–H and O–H groups in total. The minimum absolute atomic E-state index is 0.0961. The molecule has 0 atom stereocenters. The van der Waals surface area contributed by atoms with Crippen molar-refractivity contribution in [2.45, 2.75) is 39.2 Å². The third kappa shape index (κ3) is 9.66. The molecule has 36 heavy (non-hydrogen) atoms. The van der Waals surface area contributed by atoms with Crippen LogP contribution in [0, 0.1) is 11.6 Å². The fourth-order valence-corrected chi connectivity index (χ4v) is 4.48. The predicted octanol–water partition coefficient (Wildman–Crippen LogP) is 3.95. The zero-order valence-electron chi connectivity index (χ0n) is 19.6. The minimum Gasteiger partial charge on any atom is -0.481 e. The van der Waals surface area contributed by atoms with Crippen molar-refractivity contribution in [1.82, 2.24) is 14.6 Å². The van der Waals surface area contributed by atoms with E-state index < -0.39 is 36.1 Å². The van der Waals surface area contributed by atoms with Crippen molar-refractivity contribution in [2.24, 2.45) is 5.73 Å². The molecule has 3 amide bonds. The van der Waals surface area contributed by atoms with Crippen LogP contribution in [0.15, 0.2) is 16.6 Å². The van der Waals surface area contributed by atoms with Crippen LogP contribution in [-0.2, 0) is 11.4 Å².